The molecule has 0 saturated carbocycles. The molecule has 130 valence electrons. The van der Waals surface area contributed by atoms with Crippen molar-refractivity contribution in [2.24, 2.45) is 0 Å². The molecule has 0 radical (unpaired) electrons. The van der Waals surface area contributed by atoms with Gasteiger partial charge in [-0.3, -0.25) is 14.5 Å². The number of para-hydroxylation sites is 1. The molecule has 0 aliphatic carbocycles. The average molecular weight is 351 g/mol. The minimum absolute atomic E-state index is 0.0912. The Morgan fingerprint density at radius 1 is 1.12 bits per heavy atom. The number of nitrogens with zero attached hydrogens (tertiary/aromatic N) is 3. The number of carbonyl (C=O) groups excluding carboxylic acids is 2. The van der Waals surface area contributed by atoms with Gasteiger partial charge in [0.2, 0.25) is 11.8 Å². The van der Waals surface area contributed by atoms with E-state index in [1.54, 1.807) is 13.0 Å². The number of hydrogen-bond acceptors (Lipinski definition) is 4. The van der Waals surface area contributed by atoms with Gasteiger partial charge in [0.1, 0.15) is 0 Å². The monoisotopic (exact) mass is 350 g/mol. The van der Waals surface area contributed by atoms with Gasteiger partial charge in [-0.2, -0.15) is 0 Å². The highest BCUT2D eigenvalue weighted by Crippen LogP contribution is 2.20. The summed E-state index contributed by atoms with van der Waals surface area (Å²) in [5.41, 5.74) is 0.782. The van der Waals surface area contributed by atoms with Crippen LogP contribution in [-0.4, -0.2) is 78.4 Å². The summed E-state index contributed by atoms with van der Waals surface area (Å²) in [7, 11) is 0. The maximum atomic E-state index is 12.3. The summed E-state index contributed by atoms with van der Waals surface area (Å²) in [6.07, 6.45) is 0. The van der Waals surface area contributed by atoms with Crippen LogP contribution in [0, 0.1) is 0 Å². The maximum absolute atomic E-state index is 12.3. The summed E-state index contributed by atoms with van der Waals surface area (Å²) >= 11 is 6.08. The molecule has 2 heterocycles. The van der Waals surface area contributed by atoms with Crippen LogP contribution in [0.25, 0.3) is 0 Å². The van der Waals surface area contributed by atoms with E-state index in [1.165, 1.54) is 0 Å². The van der Waals surface area contributed by atoms with E-state index in [1.807, 2.05) is 28.0 Å². The van der Waals surface area contributed by atoms with E-state index in [9.17, 15) is 9.59 Å². The number of likely N-dealkylation sites (tertiary alicyclic amines) is 1. The highest BCUT2D eigenvalue weighted by Gasteiger charge is 2.35. The second-order valence-corrected chi connectivity index (χ2v) is 6.74. The minimum atomic E-state index is 0.0912. The molecule has 3 rings (SSSR count). The first-order valence-electron chi connectivity index (χ1n) is 8.30. The Morgan fingerprint density at radius 2 is 1.79 bits per heavy atom. The van der Waals surface area contributed by atoms with Gasteiger partial charge >= 0.3 is 0 Å². The van der Waals surface area contributed by atoms with Crippen molar-refractivity contribution in [2.45, 2.75) is 13.0 Å². The number of anilines is 1. The molecule has 2 aliphatic heterocycles. The van der Waals surface area contributed by atoms with Crippen molar-refractivity contribution in [1.82, 2.24) is 14.7 Å². The molecular weight excluding hydrogens is 328 g/mol. The molecule has 2 fully saturated rings. The normalized spacial score (nSPS) is 19.1. The molecule has 0 unspecified atom stereocenters. The summed E-state index contributed by atoms with van der Waals surface area (Å²) < 4.78 is 0. The first-order valence-corrected chi connectivity index (χ1v) is 8.68. The molecule has 24 heavy (non-hydrogen) atoms. The average Bonchev–Trinajstić information content (AvgIpc) is 2.53. The standard InChI is InChI=1S/C17H23ClN4O2/c1-13(23)22-11-14(12-22)20-6-8-21(9-7-20)17(24)10-19-16-5-3-2-4-15(16)18/h2-5,14,19H,6-12H2,1H3. The Bertz CT molecular complexity index is 610. The lowest BCUT2D eigenvalue weighted by Crippen LogP contribution is -2.64. The van der Waals surface area contributed by atoms with Crippen LogP contribution in [0.15, 0.2) is 24.3 Å². The zero-order valence-electron chi connectivity index (χ0n) is 13.9. The predicted molar refractivity (Wildman–Crippen MR) is 94.1 cm³/mol. The van der Waals surface area contributed by atoms with Crippen LogP contribution in [0.4, 0.5) is 5.69 Å². The highest BCUT2D eigenvalue weighted by atomic mass is 35.5. The first-order chi connectivity index (χ1) is 11.5. The molecular formula is C17H23ClN4O2. The molecule has 0 aromatic heterocycles. The van der Waals surface area contributed by atoms with E-state index in [-0.39, 0.29) is 18.4 Å². The highest BCUT2D eigenvalue weighted by molar-refractivity contribution is 6.33. The van der Waals surface area contributed by atoms with Crippen LogP contribution in [0.5, 0.6) is 0 Å². The SMILES string of the molecule is CC(=O)N1CC(N2CCN(C(=O)CNc3ccccc3Cl)CC2)C1. The quantitative estimate of drug-likeness (QED) is 0.884. The van der Waals surface area contributed by atoms with Crippen LogP contribution in [0.2, 0.25) is 5.02 Å². The number of benzene rings is 1. The fraction of sp³-hybridized carbons (Fsp3) is 0.529. The van der Waals surface area contributed by atoms with Gasteiger partial charge in [0, 0.05) is 52.2 Å². The van der Waals surface area contributed by atoms with Crippen molar-refractivity contribution in [3.63, 3.8) is 0 Å². The zero-order valence-corrected chi connectivity index (χ0v) is 14.6. The van der Waals surface area contributed by atoms with Crippen molar-refractivity contribution in [3.8, 4) is 0 Å². The third kappa shape index (κ3) is 3.82. The lowest BCUT2D eigenvalue weighted by molar-refractivity contribution is -0.137. The van der Waals surface area contributed by atoms with Crippen molar-refractivity contribution < 1.29 is 9.59 Å². The Hall–Kier alpha value is -1.79. The Labute approximate surface area is 147 Å². The van der Waals surface area contributed by atoms with E-state index in [0.717, 1.165) is 45.0 Å². The molecule has 0 atom stereocenters. The first kappa shape index (κ1) is 17.0. The molecule has 1 aromatic rings. The molecule has 2 saturated heterocycles. The number of rotatable bonds is 4. The van der Waals surface area contributed by atoms with Crippen molar-refractivity contribution >= 4 is 29.1 Å². The Kier molecular flexibility index (Phi) is 5.26. The van der Waals surface area contributed by atoms with E-state index in [4.69, 9.17) is 11.6 Å². The minimum Gasteiger partial charge on any atom is -0.375 e. The lowest BCUT2D eigenvalue weighted by Gasteiger charge is -2.47. The second-order valence-electron chi connectivity index (χ2n) is 6.33. The Morgan fingerprint density at radius 3 is 2.42 bits per heavy atom. The van der Waals surface area contributed by atoms with Gasteiger partial charge in [-0.25, -0.2) is 0 Å². The number of amides is 2. The topological polar surface area (TPSA) is 55.9 Å². The zero-order chi connectivity index (χ0) is 17.1. The van der Waals surface area contributed by atoms with Gasteiger partial charge in [0.15, 0.2) is 0 Å². The van der Waals surface area contributed by atoms with Crippen LogP contribution in [-0.2, 0) is 9.59 Å². The summed E-state index contributed by atoms with van der Waals surface area (Å²) in [5.74, 6) is 0.235. The molecule has 1 N–H and O–H groups in total. The van der Waals surface area contributed by atoms with E-state index < -0.39 is 0 Å². The van der Waals surface area contributed by atoms with Crippen LogP contribution >= 0.6 is 11.6 Å². The smallest absolute Gasteiger partial charge is 0.241 e. The molecule has 1 aromatic carbocycles. The predicted octanol–water partition coefficient (Wildman–Crippen LogP) is 1.13. The fourth-order valence-electron chi connectivity index (χ4n) is 3.17. The number of nitrogens with one attached hydrogen (secondary N) is 1. The molecule has 0 bridgehead atoms. The van der Waals surface area contributed by atoms with Crippen LogP contribution in [0.1, 0.15) is 6.92 Å². The lowest BCUT2D eigenvalue weighted by atomic mass is 10.1. The molecule has 2 amide bonds. The Balaban J connectivity index is 1.41. The summed E-state index contributed by atoms with van der Waals surface area (Å²) in [5, 5.41) is 3.72. The molecule has 7 heteroatoms. The maximum Gasteiger partial charge on any atom is 0.241 e. The third-order valence-corrected chi connectivity index (χ3v) is 5.12. The van der Waals surface area contributed by atoms with Gasteiger partial charge in [-0.1, -0.05) is 23.7 Å². The number of carbonyl (C=O) groups is 2. The number of hydrogen-bond donors (Lipinski definition) is 1. The van der Waals surface area contributed by atoms with Crippen LogP contribution in [0.3, 0.4) is 0 Å². The van der Waals surface area contributed by atoms with Crippen LogP contribution < -0.4 is 5.32 Å². The number of piperazine rings is 1. The second kappa shape index (κ2) is 7.40. The van der Waals surface area contributed by atoms with Crippen molar-refractivity contribution in [3.05, 3.63) is 29.3 Å². The van der Waals surface area contributed by atoms with Gasteiger partial charge in [-0.05, 0) is 12.1 Å². The van der Waals surface area contributed by atoms with E-state index in [2.05, 4.69) is 10.2 Å². The van der Waals surface area contributed by atoms with Gasteiger partial charge in [-0.15, -0.1) is 0 Å². The number of halogens is 1. The van der Waals surface area contributed by atoms with Gasteiger partial charge < -0.3 is 15.1 Å². The third-order valence-electron chi connectivity index (χ3n) is 4.79. The molecule has 0 spiro atoms. The summed E-state index contributed by atoms with van der Waals surface area (Å²) in [6, 6.07) is 7.87. The van der Waals surface area contributed by atoms with Crippen molar-refractivity contribution in [1.29, 1.82) is 0 Å². The summed E-state index contributed by atoms with van der Waals surface area (Å²) in [4.78, 5) is 29.7. The summed E-state index contributed by atoms with van der Waals surface area (Å²) in [6.45, 7) is 6.71. The van der Waals surface area contributed by atoms with E-state index >= 15 is 0 Å². The van der Waals surface area contributed by atoms with Gasteiger partial charge in [0.05, 0.1) is 17.3 Å². The van der Waals surface area contributed by atoms with E-state index in [0.29, 0.717) is 11.1 Å². The molecule has 6 nitrogen and oxygen atoms in total. The van der Waals surface area contributed by atoms with Crippen molar-refractivity contribution in [2.75, 3.05) is 51.1 Å². The fourth-order valence-corrected chi connectivity index (χ4v) is 3.37. The van der Waals surface area contributed by atoms with Gasteiger partial charge in [0.25, 0.3) is 0 Å². The molecule has 2 aliphatic rings. The largest absolute Gasteiger partial charge is 0.375 e.